The van der Waals surface area contributed by atoms with Gasteiger partial charge in [0.05, 0.1) is 18.4 Å². The van der Waals surface area contributed by atoms with Gasteiger partial charge in [-0.2, -0.15) is 0 Å². The van der Waals surface area contributed by atoms with Crippen LogP contribution in [0.3, 0.4) is 0 Å². The second-order valence-corrected chi connectivity index (χ2v) is 4.48. The zero-order valence-corrected chi connectivity index (χ0v) is 8.97. The summed E-state index contributed by atoms with van der Waals surface area (Å²) in [5, 5.41) is 0. The topological polar surface area (TPSA) is 63.4 Å². The van der Waals surface area contributed by atoms with E-state index in [1.165, 1.54) is 6.07 Å². The molecular formula is C12H11FN2O2. The van der Waals surface area contributed by atoms with Crippen LogP contribution < -0.4 is 5.73 Å². The predicted octanol–water partition coefficient (Wildman–Crippen LogP) is 0.268. The molecule has 0 bridgehead atoms. The third kappa shape index (κ3) is 1.39. The molecule has 1 aromatic rings. The lowest BCUT2D eigenvalue weighted by Crippen LogP contribution is -2.37. The molecule has 1 heterocycles. The maximum absolute atomic E-state index is 13.4. The summed E-state index contributed by atoms with van der Waals surface area (Å²) in [6.07, 6.45) is 0. The minimum Gasteiger partial charge on any atom is -0.326 e. The fraction of sp³-hybridized carbons (Fsp3) is 0.333. The standard InChI is InChI=1S/C12H11FN2O2/c13-7-4-2-1-3-6(7)5-15-11(16)8-9(10(8)14)12(15)17/h1-4,8-10H,5,14H2. The van der Waals surface area contributed by atoms with Gasteiger partial charge in [0.25, 0.3) is 0 Å². The third-order valence-electron chi connectivity index (χ3n) is 3.46. The van der Waals surface area contributed by atoms with E-state index in [0.29, 0.717) is 5.56 Å². The summed E-state index contributed by atoms with van der Waals surface area (Å²) < 4.78 is 13.4. The minimum atomic E-state index is -0.405. The first-order valence-corrected chi connectivity index (χ1v) is 5.45. The number of carbonyl (C=O) groups is 2. The Labute approximate surface area is 97.2 Å². The van der Waals surface area contributed by atoms with Crippen LogP contribution in [-0.2, 0) is 16.1 Å². The molecule has 1 aromatic carbocycles. The monoisotopic (exact) mass is 234 g/mol. The van der Waals surface area contributed by atoms with Gasteiger partial charge in [0.2, 0.25) is 11.8 Å². The van der Waals surface area contributed by atoms with E-state index in [0.717, 1.165) is 4.90 Å². The summed E-state index contributed by atoms with van der Waals surface area (Å²) in [7, 11) is 0. The van der Waals surface area contributed by atoms with Crippen molar-refractivity contribution in [2.45, 2.75) is 12.6 Å². The predicted molar refractivity (Wildman–Crippen MR) is 56.9 cm³/mol. The summed E-state index contributed by atoms with van der Waals surface area (Å²) in [5.41, 5.74) is 5.95. The van der Waals surface area contributed by atoms with E-state index in [-0.39, 0.29) is 36.2 Å². The first-order chi connectivity index (χ1) is 8.11. The van der Waals surface area contributed by atoms with E-state index in [2.05, 4.69) is 0 Å². The van der Waals surface area contributed by atoms with Crippen LogP contribution in [0.25, 0.3) is 0 Å². The minimum absolute atomic E-state index is 0.00403. The number of piperidine rings is 1. The second-order valence-electron chi connectivity index (χ2n) is 4.48. The zero-order chi connectivity index (χ0) is 12.2. The molecule has 2 fully saturated rings. The number of nitrogens with zero attached hydrogens (tertiary/aromatic N) is 1. The van der Waals surface area contributed by atoms with Crippen molar-refractivity contribution in [1.82, 2.24) is 4.90 Å². The molecule has 2 unspecified atom stereocenters. The molecule has 1 saturated heterocycles. The number of hydrogen-bond acceptors (Lipinski definition) is 3. The Hall–Kier alpha value is -1.75. The van der Waals surface area contributed by atoms with Crippen molar-refractivity contribution in [1.29, 1.82) is 0 Å². The van der Waals surface area contributed by atoms with Crippen LogP contribution >= 0.6 is 0 Å². The lowest BCUT2D eigenvalue weighted by atomic mass is 10.2. The van der Waals surface area contributed by atoms with Crippen molar-refractivity contribution in [3.63, 3.8) is 0 Å². The zero-order valence-electron chi connectivity index (χ0n) is 8.97. The number of hydrogen-bond donors (Lipinski definition) is 1. The van der Waals surface area contributed by atoms with Gasteiger partial charge in [-0.25, -0.2) is 4.39 Å². The Bertz CT molecular complexity index is 495. The number of rotatable bonds is 2. The number of likely N-dealkylation sites (tertiary alicyclic amines) is 1. The Morgan fingerprint density at radius 2 is 1.76 bits per heavy atom. The van der Waals surface area contributed by atoms with Crippen LogP contribution in [0, 0.1) is 17.7 Å². The fourth-order valence-corrected chi connectivity index (χ4v) is 2.39. The Kier molecular flexibility index (Phi) is 2.06. The maximum atomic E-state index is 13.4. The average Bonchev–Trinajstić information content (AvgIpc) is 2.90. The van der Waals surface area contributed by atoms with Crippen LogP contribution in [0.2, 0.25) is 0 Å². The van der Waals surface area contributed by atoms with Crippen LogP contribution in [0.15, 0.2) is 24.3 Å². The van der Waals surface area contributed by atoms with Gasteiger partial charge >= 0.3 is 0 Å². The van der Waals surface area contributed by atoms with E-state index in [9.17, 15) is 14.0 Å². The lowest BCUT2D eigenvalue weighted by Gasteiger charge is -2.17. The number of benzene rings is 1. The van der Waals surface area contributed by atoms with Gasteiger partial charge in [-0.15, -0.1) is 0 Å². The number of imide groups is 1. The van der Waals surface area contributed by atoms with Gasteiger partial charge in [0.15, 0.2) is 0 Å². The molecule has 3 rings (SSSR count). The third-order valence-corrected chi connectivity index (χ3v) is 3.46. The summed E-state index contributed by atoms with van der Waals surface area (Å²) in [6.45, 7) is 0.00403. The van der Waals surface area contributed by atoms with Crippen LogP contribution in [-0.4, -0.2) is 22.8 Å². The number of fused-ring (bicyclic) bond motifs is 1. The molecule has 5 heteroatoms. The first-order valence-electron chi connectivity index (χ1n) is 5.45. The van der Waals surface area contributed by atoms with Crippen LogP contribution in [0.4, 0.5) is 4.39 Å². The first kappa shape index (κ1) is 10.4. The van der Waals surface area contributed by atoms with E-state index < -0.39 is 5.82 Å². The van der Waals surface area contributed by atoms with Crippen molar-refractivity contribution in [2.24, 2.45) is 17.6 Å². The Balaban J connectivity index is 1.82. The quantitative estimate of drug-likeness (QED) is 0.747. The number of halogens is 1. The highest BCUT2D eigenvalue weighted by molar-refractivity contribution is 6.10. The lowest BCUT2D eigenvalue weighted by molar-refractivity contribution is -0.142. The molecule has 2 aliphatic rings. The molecule has 2 atom stereocenters. The normalized spacial score (nSPS) is 30.7. The van der Waals surface area contributed by atoms with E-state index in [1.54, 1.807) is 18.2 Å². The smallest absolute Gasteiger partial charge is 0.235 e. The second kappa shape index (κ2) is 3.37. The van der Waals surface area contributed by atoms with Crippen molar-refractivity contribution in [2.75, 3.05) is 0 Å². The highest BCUT2D eigenvalue weighted by Gasteiger charge is 2.65. The summed E-state index contributed by atoms with van der Waals surface area (Å²) in [6, 6.07) is 5.80. The highest BCUT2D eigenvalue weighted by atomic mass is 19.1. The molecule has 2 N–H and O–H groups in total. The molecular weight excluding hydrogens is 223 g/mol. The maximum Gasteiger partial charge on any atom is 0.235 e. The van der Waals surface area contributed by atoms with Crippen molar-refractivity contribution in [3.05, 3.63) is 35.6 Å². The molecule has 1 saturated carbocycles. The van der Waals surface area contributed by atoms with Gasteiger partial charge in [-0.3, -0.25) is 14.5 Å². The molecule has 0 aromatic heterocycles. The van der Waals surface area contributed by atoms with Crippen LogP contribution in [0.5, 0.6) is 0 Å². The van der Waals surface area contributed by atoms with E-state index in [1.807, 2.05) is 0 Å². The summed E-state index contributed by atoms with van der Waals surface area (Å²) in [5.74, 6) is -1.67. The number of carbonyl (C=O) groups excluding carboxylic acids is 2. The van der Waals surface area contributed by atoms with E-state index >= 15 is 0 Å². The largest absolute Gasteiger partial charge is 0.326 e. The number of amides is 2. The molecule has 4 nitrogen and oxygen atoms in total. The SMILES string of the molecule is NC1C2C(=O)N(Cc3ccccc3F)C(=O)C12. The van der Waals surface area contributed by atoms with Gasteiger partial charge < -0.3 is 5.73 Å². The Morgan fingerprint density at radius 3 is 2.35 bits per heavy atom. The Morgan fingerprint density at radius 1 is 1.18 bits per heavy atom. The molecule has 2 amide bonds. The highest BCUT2D eigenvalue weighted by Crippen LogP contribution is 2.46. The van der Waals surface area contributed by atoms with Crippen molar-refractivity contribution < 1.29 is 14.0 Å². The van der Waals surface area contributed by atoms with Gasteiger partial charge in [-0.05, 0) is 6.07 Å². The van der Waals surface area contributed by atoms with Crippen molar-refractivity contribution in [3.8, 4) is 0 Å². The summed E-state index contributed by atoms with van der Waals surface area (Å²) >= 11 is 0. The summed E-state index contributed by atoms with van der Waals surface area (Å²) in [4.78, 5) is 24.7. The van der Waals surface area contributed by atoms with Gasteiger partial charge in [0, 0.05) is 11.6 Å². The molecule has 1 aliphatic heterocycles. The molecule has 0 radical (unpaired) electrons. The molecule has 0 spiro atoms. The number of nitrogens with two attached hydrogens (primary N) is 1. The van der Waals surface area contributed by atoms with Crippen LogP contribution in [0.1, 0.15) is 5.56 Å². The van der Waals surface area contributed by atoms with Gasteiger partial charge in [0.1, 0.15) is 5.82 Å². The molecule has 17 heavy (non-hydrogen) atoms. The van der Waals surface area contributed by atoms with Gasteiger partial charge in [-0.1, -0.05) is 18.2 Å². The average molecular weight is 234 g/mol. The molecule has 1 aliphatic carbocycles. The molecule has 88 valence electrons. The van der Waals surface area contributed by atoms with Crippen molar-refractivity contribution >= 4 is 11.8 Å². The van der Waals surface area contributed by atoms with E-state index in [4.69, 9.17) is 5.73 Å². The fourth-order valence-electron chi connectivity index (χ4n) is 2.39.